The maximum Gasteiger partial charge on any atom is 0.142 e. The Hall–Kier alpha value is -1.23. The van der Waals surface area contributed by atoms with Gasteiger partial charge in [0, 0.05) is 0 Å². The molecule has 1 saturated carbocycles. The number of nitrogens with one attached hydrogen (secondary N) is 2. The third-order valence-electron chi connectivity index (χ3n) is 2.74. The summed E-state index contributed by atoms with van der Waals surface area (Å²) < 4.78 is 0. The molecule has 0 bridgehead atoms. The van der Waals surface area contributed by atoms with E-state index in [2.05, 4.69) is 15.5 Å². The number of nitrogen functional groups attached to an aromatic ring is 1. The highest BCUT2D eigenvalue weighted by Crippen LogP contribution is 2.23. The monoisotopic (exact) mass is 196 g/mol. The van der Waals surface area contributed by atoms with Crippen LogP contribution < -0.4 is 11.1 Å². The van der Waals surface area contributed by atoms with E-state index in [-0.39, 0.29) is 12.1 Å². The van der Waals surface area contributed by atoms with Crippen LogP contribution in [0.3, 0.4) is 0 Å². The van der Waals surface area contributed by atoms with Gasteiger partial charge in [-0.15, -0.1) is 0 Å². The van der Waals surface area contributed by atoms with Gasteiger partial charge in [-0.05, 0) is 12.8 Å². The van der Waals surface area contributed by atoms with Crippen molar-refractivity contribution in [2.45, 2.75) is 37.8 Å². The quantitative estimate of drug-likeness (QED) is 0.561. The van der Waals surface area contributed by atoms with Gasteiger partial charge in [0.15, 0.2) is 0 Å². The third-order valence-corrected chi connectivity index (χ3v) is 2.74. The van der Waals surface area contributed by atoms with E-state index in [9.17, 15) is 5.11 Å². The molecule has 2 atom stereocenters. The van der Waals surface area contributed by atoms with E-state index in [1.165, 1.54) is 0 Å². The number of H-pyrrole nitrogens is 1. The van der Waals surface area contributed by atoms with E-state index in [0.29, 0.717) is 5.82 Å². The fraction of sp³-hybridized carbons (Fsp3) is 0.667. The maximum atomic E-state index is 9.72. The molecule has 1 aliphatic rings. The summed E-state index contributed by atoms with van der Waals surface area (Å²) >= 11 is 0. The van der Waals surface area contributed by atoms with Gasteiger partial charge in [-0.3, -0.25) is 5.10 Å². The zero-order valence-corrected chi connectivity index (χ0v) is 8.03. The molecule has 0 aromatic carbocycles. The van der Waals surface area contributed by atoms with Crippen LogP contribution in [0.25, 0.3) is 0 Å². The minimum absolute atomic E-state index is 0.114. The first-order chi connectivity index (χ1) is 6.77. The standard InChI is InChI=1S/C9H16N4O/c10-9-7(5-11-13-9)12-6-3-1-2-4-8(6)14/h5-6,8,12,14H,1-4H2,(H3,10,11,13). The molecule has 0 spiro atoms. The molecule has 1 aromatic heterocycles. The van der Waals surface area contributed by atoms with Crippen molar-refractivity contribution in [2.75, 3.05) is 11.1 Å². The summed E-state index contributed by atoms with van der Waals surface area (Å²) in [6.45, 7) is 0. The van der Waals surface area contributed by atoms with Gasteiger partial charge >= 0.3 is 0 Å². The summed E-state index contributed by atoms with van der Waals surface area (Å²) in [4.78, 5) is 0. The second-order valence-electron chi connectivity index (χ2n) is 3.80. The van der Waals surface area contributed by atoms with E-state index >= 15 is 0 Å². The highest BCUT2D eigenvalue weighted by Gasteiger charge is 2.23. The van der Waals surface area contributed by atoms with Crippen LogP contribution in [-0.4, -0.2) is 27.4 Å². The molecule has 2 rings (SSSR count). The first-order valence-corrected chi connectivity index (χ1v) is 5.01. The van der Waals surface area contributed by atoms with Crippen molar-refractivity contribution in [1.82, 2.24) is 10.2 Å². The largest absolute Gasteiger partial charge is 0.391 e. The summed E-state index contributed by atoms with van der Waals surface area (Å²) in [5, 5.41) is 19.4. The van der Waals surface area contributed by atoms with Crippen LogP contribution in [0.4, 0.5) is 11.5 Å². The number of aliphatic hydroxyl groups is 1. The predicted octanol–water partition coefficient (Wildman–Crippen LogP) is 0.707. The molecule has 14 heavy (non-hydrogen) atoms. The van der Waals surface area contributed by atoms with Gasteiger partial charge in [-0.1, -0.05) is 12.8 Å². The lowest BCUT2D eigenvalue weighted by atomic mass is 9.92. The normalized spacial score (nSPS) is 27.5. The number of hydrogen-bond acceptors (Lipinski definition) is 4. The smallest absolute Gasteiger partial charge is 0.142 e. The molecule has 2 unspecified atom stereocenters. The van der Waals surface area contributed by atoms with Crippen LogP contribution in [0.2, 0.25) is 0 Å². The minimum atomic E-state index is -0.266. The molecule has 5 heteroatoms. The number of nitrogens with two attached hydrogens (primary N) is 1. The van der Waals surface area contributed by atoms with Crippen molar-refractivity contribution in [3.63, 3.8) is 0 Å². The summed E-state index contributed by atoms with van der Waals surface area (Å²) in [5.41, 5.74) is 6.43. The molecule has 78 valence electrons. The van der Waals surface area contributed by atoms with Gasteiger partial charge in [-0.2, -0.15) is 5.10 Å². The number of nitrogens with zero attached hydrogens (tertiary/aromatic N) is 1. The van der Waals surface area contributed by atoms with Crippen LogP contribution in [0, 0.1) is 0 Å². The van der Waals surface area contributed by atoms with Gasteiger partial charge in [0.1, 0.15) is 5.82 Å². The zero-order chi connectivity index (χ0) is 9.97. The van der Waals surface area contributed by atoms with Crippen LogP contribution in [0.5, 0.6) is 0 Å². The van der Waals surface area contributed by atoms with Crippen LogP contribution in [0.15, 0.2) is 6.20 Å². The van der Waals surface area contributed by atoms with Gasteiger partial charge in [-0.25, -0.2) is 0 Å². The second-order valence-corrected chi connectivity index (χ2v) is 3.80. The third kappa shape index (κ3) is 1.82. The fourth-order valence-electron chi connectivity index (χ4n) is 1.89. The van der Waals surface area contributed by atoms with Crippen LogP contribution in [-0.2, 0) is 0 Å². The Labute approximate surface area is 82.7 Å². The van der Waals surface area contributed by atoms with E-state index in [1.54, 1.807) is 6.20 Å². The predicted molar refractivity (Wildman–Crippen MR) is 54.9 cm³/mol. The Balaban J connectivity index is 1.99. The number of rotatable bonds is 2. The highest BCUT2D eigenvalue weighted by atomic mass is 16.3. The zero-order valence-electron chi connectivity index (χ0n) is 8.03. The highest BCUT2D eigenvalue weighted by molar-refractivity contribution is 5.60. The lowest BCUT2D eigenvalue weighted by Gasteiger charge is -2.28. The van der Waals surface area contributed by atoms with Crippen molar-refractivity contribution in [2.24, 2.45) is 0 Å². The molecule has 5 N–H and O–H groups in total. The lowest BCUT2D eigenvalue weighted by molar-refractivity contribution is 0.116. The number of aliphatic hydroxyl groups excluding tert-OH is 1. The molecule has 5 nitrogen and oxygen atoms in total. The Morgan fingerprint density at radius 2 is 2.29 bits per heavy atom. The lowest BCUT2D eigenvalue weighted by Crippen LogP contribution is -2.36. The van der Waals surface area contributed by atoms with E-state index in [4.69, 9.17) is 5.73 Å². The molecule has 1 aliphatic carbocycles. The molecular formula is C9H16N4O. The Bertz CT molecular complexity index is 299. The molecule has 1 fully saturated rings. The van der Waals surface area contributed by atoms with Gasteiger partial charge in [0.05, 0.1) is 24.0 Å². The Kier molecular flexibility index (Phi) is 2.58. The number of hydrogen-bond donors (Lipinski definition) is 4. The van der Waals surface area contributed by atoms with Crippen LogP contribution >= 0.6 is 0 Å². The summed E-state index contributed by atoms with van der Waals surface area (Å²) in [6.07, 6.45) is 5.52. The summed E-state index contributed by atoms with van der Waals surface area (Å²) in [5.74, 6) is 0.530. The fourth-order valence-corrected chi connectivity index (χ4v) is 1.89. The number of aromatic nitrogens is 2. The van der Waals surface area contributed by atoms with Crippen molar-refractivity contribution >= 4 is 11.5 Å². The van der Waals surface area contributed by atoms with Crippen molar-refractivity contribution < 1.29 is 5.11 Å². The first-order valence-electron chi connectivity index (χ1n) is 5.01. The molecule has 0 radical (unpaired) electrons. The summed E-state index contributed by atoms with van der Waals surface area (Å²) in [7, 11) is 0. The Morgan fingerprint density at radius 1 is 1.50 bits per heavy atom. The molecule has 1 heterocycles. The number of aromatic amines is 1. The van der Waals surface area contributed by atoms with E-state index in [1.807, 2.05) is 0 Å². The van der Waals surface area contributed by atoms with Crippen LogP contribution in [0.1, 0.15) is 25.7 Å². The van der Waals surface area contributed by atoms with Crippen molar-refractivity contribution in [3.8, 4) is 0 Å². The average Bonchev–Trinajstić information content (AvgIpc) is 2.56. The average molecular weight is 196 g/mol. The number of anilines is 2. The molecule has 0 aliphatic heterocycles. The minimum Gasteiger partial charge on any atom is -0.391 e. The second kappa shape index (κ2) is 3.88. The summed E-state index contributed by atoms with van der Waals surface area (Å²) in [6, 6.07) is 0.114. The Morgan fingerprint density at radius 3 is 2.93 bits per heavy atom. The van der Waals surface area contributed by atoms with Crippen molar-refractivity contribution in [3.05, 3.63) is 6.20 Å². The molecule has 0 saturated heterocycles. The van der Waals surface area contributed by atoms with Crippen molar-refractivity contribution in [1.29, 1.82) is 0 Å². The van der Waals surface area contributed by atoms with Gasteiger partial charge < -0.3 is 16.2 Å². The van der Waals surface area contributed by atoms with E-state index < -0.39 is 0 Å². The molecular weight excluding hydrogens is 180 g/mol. The van der Waals surface area contributed by atoms with Gasteiger partial charge in [0.2, 0.25) is 0 Å². The topological polar surface area (TPSA) is 87.0 Å². The SMILES string of the molecule is Nc1[nH]ncc1NC1CCCCC1O. The first kappa shape index (κ1) is 9.33. The molecule has 1 aromatic rings. The molecule has 0 amide bonds. The van der Waals surface area contributed by atoms with Gasteiger partial charge in [0.25, 0.3) is 0 Å². The maximum absolute atomic E-state index is 9.72. The van der Waals surface area contributed by atoms with E-state index in [0.717, 1.165) is 31.4 Å².